The summed E-state index contributed by atoms with van der Waals surface area (Å²) in [7, 11) is 0. The zero-order valence-electron chi connectivity index (χ0n) is 13.4. The third kappa shape index (κ3) is 4.18. The lowest BCUT2D eigenvalue weighted by Crippen LogP contribution is -2.24. The minimum Gasteiger partial charge on any atom is -0.385 e. The minimum atomic E-state index is -0.957. The fourth-order valence-corrected chi connectivity index (χ4v) is 2.72. The lowest BCUT2D eigenvalue weighted by molar-refractivity contribution is -0.126. The number of carbonyl (C=O) groups excluding carboxylic acids is 1. The third-order valence-electron chi connectivity index (χ3n) is 4.08. The summed E-state index contributed by atoms with van der Waals surface area (Å²) in [5.41, 5.74) is 4.17. The highest BCUT2D eigenvalue weighted by Gasteiger charge is 2.16. The van der Waals surface area contributed by atoms with E-state index in [1.54, 1.807) is 0 Å². The van der Waals surface area contributed by atoms with Crippen LogP contribution in [0.4, 0.5) is 0 Å². The van der Waals surface area contributed by atoms with Gasteiger partial charge in [-0.3, -0.25) is 4.79 Å². The van der Waals surface area contributed by atoms with Crippen LogP contribution in [0.25, 0.3) is 11.1 Å². The zero-order chi connectivity index (χ0) is 16.8. The molecule has 120 valence electrons. The first-order chi connectivity index (χ1) is 11.7. The quantitative estimate of drug-likeness (QED) is 0.744. The van der Waals surface area contributed by atoms with Gasteiger partial charge in [-0.05, 0) is 22.3 Å². The Morgan fingerprint density at radius 1 is 0.708 bits per heavy atom. The van der Waals surface area contributed by atoms with Crippen LogP contribution in [0.5, 0.6) is 0 Å². The highest BCUT2D eigenvalue weighted by molar-refractivity contribution is 5.85. The van der Waals surface area contributed by atoms with Gasteiger partial charge in [-0.1, -0.05) is 84.9 Å². The molecule has 3 rings (SSSR count). The second kappa shape index (κ2) is 7.71. The van der Waals surface area contributed by atoms with Gasteiger partial charge in [0.2, 0.25) is 0 Å². The standard InChI is InChI=1S/C22H20O2/c23-21(15-17-7-3-1-4-8-17)22(24)16-18-11-13-20(14-12-18)19-9-5-2-6-10-19/h1-14,21,23H,15-16H2. The van der Waals surface area contributed by atoms with E-state index >= 15 is 0 Å². The van der Waals surface area contributed by atoms with E-state index in [0.717, 1.165) is 22.3 Å². The Balaban J connectivity index is 1.62. The van der Waals surface area contributed by atoms with E-state index in [9.17, 15) is 9.90 Å². The van der Waals surface area contributed by atoms with Crippen molar-refractivity contribution in [3.05, 3.63) is 96.1 Å². The van der Waals surface area contributed by atoms with Gasteiger partial charge in [0.05, 0.1) is 0 Å². The average Bonchev–Trinajstić information content (AvgIpc) is 2.64. The lowest BCUT2D eigenvalue weighted by atomic mass is 9.98. The van der Waals surface area contributed by atoms with E-state index in [2.05, 4.69) is 12.1 Å². The summed E-state index contributed by atoms with van der Waals surface area (Å²) >= 11 is 0. The first-order valence-corrected chi connectivity index (χ1v) is 8.11. The monoisotopic (exact) mass is 316 g/mol. The average molecular weight is 316 g/mol. The number of ketones is 1. The number of aliphatic hydroxyl groups excluding tert-OH is 1. The Morgan fingerprint density at radius 3 is 1.88 bits per heavy atom. The molecule has 0 aromatic heterocycles. The molecular weight excluding hydrogens is 296 g/mol. The molecule has 0 fully saturated rings. The summed E-state index contributed by atoms with van der Waals surface area (Å²) in [5.74, 6) is -0.147. The summed E-state index contributed by atoms with van der Waals surface area (Å²) in [5, 5.41) is 10.1. The van der Waals surface area contributed by atoms with E-state index in [4.69, 9.17) is 0 Å². The predicted octanol–water partition coefficient (Wildman–Crippen LogP) is 4.07. The van der Waals surface area contributed by atoms with E-state index in [1.807, 2.05) is 72.8 Å². The largest absolute Gasteiger partial charge is 0.385 e. The highest BCUT2D eigenvalue weighted by atomic mass is 16.3. The first kappa shape index (κ1) is 16.2. The normalized spacial score (nSPS) is 11.9. The van der Waals surface area contributed by atoms with Crippen molar-refractivity contribution in [2.75, 3.05) is 0 Å². The number of aliphatic hydroxyl groups is 1. The summed E-state index contributed by atoms with van der Waals surface area (Å²) in [6.07, 6.45) is -0.341. The van der Waals surface area contributed by atoms with Gasteiger partial charge in [0, 0.05) is 12.8 Å². The Morgan fingerprint density at radius 2 is 1.25 bits per heavy atom. The van der Waals surface area contributed by atoms with Crippen LogP contribution in [-0.4, -0.2) is 17.0 Å². The van der Waals surface area contributed by atoms with Gasteiger partial charge in [-0.15, -0.1) is 0 Å². The van der Waals surface area contributed by atoms with Crippen LogP contribution in [0.3, 0.4) is 0 Å². The van der Waals surface area contributed by atoms with Crippen molar-refractivity contribution < 1.29 is 9.90 Å². The molecule has 0 saturated heterocycles. The molecule has 0 saturated carbocycles. The molecule has 3 aromatic carbocycles. The van der Waals surface area contributed by atoms with Crippen LogP contribution in [0.15, 0.2) is 84.9 Å². The molecule has 0 aliphatic heterocycles. The first-order valence-electron chi connectivity index (χ1n) is 8.11. The van der Waals surface area contributed by atoms with E-state index in [-0.39, 0.29) is 12.2 Å². The van der Waals surface area contributed by atoms with E-state index in [1.165, 1.54) is 0 Å². The molecule has 0 radical (unpaired) electrons. The molecule has 1 unspecified atom stereocenters. The van der Waals surface area contributed by atoms with Gasteiger partial charge in [0.15, 0.2) is 5.78 Å². The third-order valence-corrected chi connectivity index (χ3v) is 4.08. The molecule has 2 nitrogen and oxygen atoms in total. The highest BCUT2D eigenvalue weighted by Crippen LogP contribution is 2.19. The summed E-state index contributed by atoms with van der Waals surface area (Å²) < 4.78 is 0. The molecule has 0 heterocycles. The van der Waals surface area contributed by atoms with Crippen LogP contribution in [0.2, 0.25) is 0 Å². The number of benzene rings is 3. The number of hydrogen-bond donors (Lipinski definition) is 1. The van der Waals surface area contributed by atoms with Crippen molar-refractivity contribution in [1.82, 2.24) is 0 Å². The van der Waals surface area contributed by atoms with Crippen molar-refractivity contribution in [2.24, 2.45) is 0 Å². The molecule has 0 spiro atoms. The molecule has 0 aliphatic rings. The maximum atomic E-state index is 12.2. The molecule has 0 bridgehead atoms. The fourth-order valence-electron chi connectivity index (χ4n) is 2.72. The van der Waals surface area contributed by atoms with Crippen LogP contribution >= 0.6 is 0 Å². The van der Waals surface area contributed by atoms with Crippen molar-refractivity contribution in [3.63, 3.8) is 0 Å². The van der Waals surface area contributed by atoms with Gasteiger partial charge >= 0.3 is 0 Å². The Bertz CT molecular complexity index is 777. The topological polar surface area (TPSA) is 37.3 Å². The van der Waals surface area contributed by atoms with Gasteiger partial charge < -0.3 is 5.11 Å². The van der Waals surface area contributed by atoms with Crippen molar-refractivity contribution in [3.8, 4) is 11.1 Å². The fraction of sp³-hybridized carbons (Fsp3) is 0.136. The van der Waals surface area contributed by atoms with Crippen LogP contribution in [0, 0.1) is 0 Å². The van der Waals surface area contributed by atoms with Gasteiger partial charge in [-0.25, -0.2) is 0 Å². The van der Waals surface area contributed by atoms with E-state index < -0.39 is 6.10 Å². The van der Waals surface area contributed by atoms with Gasteiger partial charge in [0.25, 0.3) is 0 Å². The van der Waals surface area contributed by atoms with Crippen molar-refractivity contribution >= 4 is 5.78 Å². The predicted molar refractivity (Wildman–Crippen MR) is 96.7 cm³/mol. The maximum absolute atomic E-state index is 12.2. The van der Waals surface area contributed by atoms with Gasteiger partial charge in [-0.2, -0.15) is 0 Å². The molecule has 1 N–H and O–H groups in total. The minimum absolute atomic E-state index is 0.147. The SMILES string of the molecule is O=C(Cc1ccc(-c2ccccc2)cc1)C(O)Cc1ccccc1. The number of rotatable bonds is 6. The summed E-state index contributed by atoms with van der Waals surface area (Å²) in [4.78, 5) is 12.2. The number of carbonyl (C=O) groups is 1. The molecule has 3 aromatic rings. The second-order valence-electron chi connectivity index (χ2n) is 5.91. The van der Waals surface area contributed by atoms with Crippen molar-refractivity contribution in [2.45, 2.75) is 18.9 Å². The molecular formula is C22H20O2. The molecule has 1 atom stereocenters. The van der Waals surface area contributed by atoms with Crippen LogP contribution in [-0.2, 0) is 17.6 Å². The molecule has 24 heavy (non-hydrogen) atoms. The van der Waals surface area contributed by atoms with Gasteiger partial charge in [0.1, 0.15) is 6.10 Å². The molecule has 0 amide bonds. The van der Waals surface area contributed by atoms with E-state index in [0.29, 0.717) is 6.42 Å². The van der Waals surface area contributed by atoms with Crippen LogP contribution < -0.4 is 0 Å². The van der Waals surface area contributed by atoms with Crippen molar-refractivity contribution in [1.29, 1.82) is 0 Å². The van der Waals surface area contributed by atoms with Crippen LogP contribution in [0.1, 0.15) is 11.1 Å². The zero-order valence-corrected chi connectivity index (χ0v) is 13.4. The second-order valence-corrected chi connectivity index (χ2v) is 5.91. The summed E-state index contributed by atoms with van der Waals surface area (Å²) in [6, 6.07) is 27.7. The lowest BCUT2D eigenvalue weighted by Gasteiger charge is -2.10. The molecule has 2 heteroatoms. The smallest absolute Gasteiger partial charge is 0.165 e. The summed E-state index contributed by atoms with van der Waals surface area (Å²) in [6.45, 7) is 0. The number of hydrogen-bond acceptors (Lipinski definition) is 2. The number of Topliss-reactive ketones (excluding diaryl/α,β-unsaturated/α-hetero) is 1. The Hall–Kier alpha value is -2.71. The maximum Gasteiger partial charge on any atom is 0.165 e. The molecule has 0 aliphatic carbocycles. The Kier molecular flexibility index (Phi) is 5.19. The Labute approximate surface area is 142 Å².